The van der Waals surface area contributed by atoms with Crippen LogP contribution in [0.3, 0.4) is 0 Å². The fraction of sp³-hybridized carbons (Fsp3) is 0.700. The molecule has 0 saturated carbocycles. The summed E-state index contributed by atoms with van der Waals surface area (Å²) < 4.78 is 5.47. The second kappa shape index (κ2) is 5.80. The van der Waals surface area contributed by atoms with Gasteiger partial charge in [-0.3, -0.25) is 0 Å². The van der Waals surface area contributed by atoms with Crippen LogP contribution in [0.25, 0.3) is 0 Å². The number of hydrogen-bond donors (Lipinski definition) is 0. The van der Waals surface area contributed by atoms with E-state index in [1.165, 1.54) is 12.8 Å². The molecule has 7 heteroatoms. The molecule has 1 aromatic rings. The van der Waals surface area contributed by atoms with Gasteiger partial charge in [-0.25, -0.2) is 0 Å². The van der Waals surface area contributed by atoms with Crippen LogP contribution in [0.2, 0.25) is 10.4 Å². The second-order valence-corrected chi connectivity index (χ2v) is 4.79. The molecule has 1 aliphatic heterocycles. The van der Waals surface area contributed by atoms with Gasteiger partial charge < -0.3 is 9.64 Å². The van der Waals surface area contributed by atoms with Crippen molar-refractivity contribution >= 4 is 23.2 Å². The molecule has 94 valence electrons. The Kier molecular flexibility index (Phi) is 4.36. The molecule has 17 heavy (non-hydrogen) atoms. The molecule has 1 fully saturated rings. The van der Waals surface area contributed by atoms with Crippen molar-refractivity contribution in [1.82, 2.24) is 20.1 Å². The molecule has 0 aromatic carbocycles. The van der Waals surface area contributed by atoms with E-state index < -0.39 is 0 Å². The summed E-state index contributed by atoms with van der Waals surface area (Å²) in [5.74, 6) is 0.257. The summed E-state index contributed by atoms with van der Waals surface area (Å²) in [7, 11) is 2.13. The van der Waals surface area contributed by atoms with Crippen molar-refractivity contribution in [3.8, 4) is 5.88 Å². The maximum atomic E-state index is 5.79. The van der Waals surface area contributed by atoms with Gasteiger partial charge in [0.1, 0.15) is 0 Å². The van der Waals surface area contributed by atoms with Crippen LogP contribution < -0.4 is 4.74 Å². The van der Waals surface area contributed by atoms with Crippen molar-refractivity contribution < 1.29 is 4.74 Å². The number of likely N-dealkylation sites (tertiary alicyclic amines) is 1. The van der Waals surface area contributed by atoms with Gasteiger partial charge >= 0.3 is 0 Å². The molecule has 2 rings (SSSR count). The van der Waals surface area contributed by atoms with Gasteiger partial charge in [0, 0.05) is 6.04 Å². The Morgan fingerprint density at radius 1 is 1.41 bits per heavy atom. The largest absolute Gasteiger partial charge is 0.475 e. The van der Waals surface area contributed by atoms with Crippen LogP contribution in [0.4, 0.5) is 0 Å². The molecule has 5 nitrogen and oxygen atoms in total. The molecule has 0 spiro atoms. The topological polar surface area (TPSA) is 51.1 Å². The molecule has 1 atom stereocenters. The number of halogens is 2. The van der Waals surface area contributed by atoms with Crippen LogP contribution in [0.5, 0.6) is 5.88 Å². The fourth-order valence-corrected chi connectivity index (χ4v) is 2.26. The molecule has 1 aromatic heterocycles. The van der Waals surface area contributed by atoms with Crippen LogP contribution in [0.1, 0.15) is 19.3 Å². The normalized spacial score (nSPS) is 20.8. The maximum absolute atomic E-state index is 5.79. The average molecular weight is 277 g/mol. The molecule has 0 bridgehead atoms. The van der Waals surface area contributed by atoms with Crippen molar-refractivity contribution in [1.29, 1.82) is 0 Å². The fourth-order valence-electron chi connectivity index (χ4n) is 2.01. The van der Waals surface area contributed by atoms with E-state index in [0.717, 1.165) is 13.0 Å². The van der Waals surface area contributed by atoms with E-state index in [9.17, 15) is 0 Å². The minimum Gasteiger partial charge on any atom is -0.475 e. The van der Waals surface area contributed by atoms with E-state index in [1.54, 1.807) is 0 Å². The van der Waals surface area contributed by atoms with E-state index >= 15 is 0 Å². The number of hydrogen-bond acceptors (Lipinski definition) is 5. The number of aromatic nitrogens is 3. The molecule has 1 unspecified atom stereocenters. The molecular weight excluding hydrogens is 263 g/mol. The van der Waals surface area contributed by atoms with Crippen molar-refractivity contribution in [2.75, 3.05) is 20.2 Å². The molecular formula is C10H14Cl2N4O. The SMILES string of the molecule is CN1CCCC1CCOc1nc(Cl)nnc1Cl. The summed E-state index contributed by atoms with van der Waals surface area (Å²) in [6.07, 6.45) is 3.42. The van der Waals surface area contributed by atoms with Crippen LogP contribution in [0, 0.1) is 0 Å². The first-order chi connectivity index (χ1) is 8.16. The summed E-state index contributed by atoms with van der Waals surface area (Å²) in [6, 6.07) is 0.582. The third kappa shape index (κ3) is 3.40. The Morgan fingerprint density at radius 3 is 2.94 bits per heavy atom. The average Bonchev–Trinajstić information content (AvgIpc) is 2.70. The zero-order valence-electron chi connectivity index (χ0n) is 9.57. The lowest BCUT2D eigenvalue weighted by molar-refractivity contribution is 0.228. The highest BCUT2D eigenvalue weighted by atomic mass is 35.5. The predicted octanol–water partition coefficient (Wildman–Crippen LogP) is 2.04. The van der Waals surface area contributed by atoms with Gasteiger partial charge in [-0.2, -0.15) is 4.98 Å². The van der Waals surface area contributed by atoms with E-state index in [4.69, 9.17) is 27.9 Å². The summed E-state index contributed by atoms with van der Waals surface area (Å²) in [5, 5.41) is 7.34. The quantitative estimate of drug-likeness (QED) is 0.843. The first kappa shape index (κ1) is 12.8. The molecule has 1 aliphatic rings. The Bertz CT molecular complexity index is 391. The smallest absolute Gasteiger partial charge is 0.256 e. The third-order valence-corrected chi connectivity index (χ3v) is 3.35. The highest BCUT2D eigenvalue weighted by Gasteiger charge is 2.20. The van der Waals surface area contributed by atoms with Crippen molar-refractivity contribution in [3.63, 3.8) is 0 Å². The van der Waals surface area contributed by atoms with Crippen LogP contribution in [-0.2, 0) is 0 Å². The minimum absolute atomic E-state index is 0.0439. The van der Waals surface area contributed by atoms with Crippen LogP contribution in [0.15, 0.2) is 0 Å². The Labute approximate surface area is 110 Å². The summed E-state index contributed by atoms with van der Waals surface area (Å²) in [6.45, 7) is 1.72. The van der Waals surface area contributed by atoms with E-state index in [2.05, 4.69) is 27.1 Å². The lowest BCUT2D eigenvalue weighted by atomic mass is 10.1. The Hall–Kier alpha value is -0.650. The molecule has 0 N–H and O–H groups in total. The first-order valence-corrected chi connectivity index (χ1v) is 6.31. The van der Waals surface area contributed by atoms with Gasteiger partial charge in [-0.15, -0.1) is 10.2 Å². The lowest BCUT2D eigenvalue weighted by Crippen LogP contribution is -2.26. The first-order valence-electron chi connectivity index (χ1n) is 5.55. The number of rotatable bonds is 4. The molecule has 1 saturated heterocycles. The standard InChI is InChI=1S/C10H14Cl2N4O/c1-16-5-2-3-7(16)4-6-17-9-8(11)14-15-10(12)13-9/h7H,2-6H2,1H3. The third-order valence-electron chi connectivity index (χ3n) is 2.95. The molecule has 0 aliphatic carbocycles. The van der Waals surface area contributed by atoms with Gasteiger partial charge in [0.25, 0.3) is 5.88 Å². The van der Waals surface area contributed by atoms with Crippen molar-refractivity contribution in [3.05, 3.63) is 10.4 Å². The van der Waals surface area contributed by atoms with Crippen LogP contribution >= 0.6 is 23.2 Å². The summed E-state index contributed by atoms with van der Waals surface area (Å²) in [5.41, 5.74) is 0. The van der Waals surface area contributed by atoms with Gasteiger partial charge in [0.15, 0.2) is 0 Å². The van der Waals surface area contributed by atoms with Crippen molar-refractivity contribution in [2.24, 2.45) is 0 Å². The van der Waals surface area contributed by atoms with Crippen LogP contribution in [-0.4, -0.2) is 46.3 Å². The monoisotopic (exact) mass is 276 g/mol. The highest BCUT2D eigenvalue weighted by molar-refractivity contribution is 6.31. The molecule has 0 radical (unpaired) electrons. The van der Waals surface area contributed by atoms with Crippen molar-refractivity contribution in [2.45, 2.75) is 25.3 Å². The van der Waals surface area contributed by atoms with E-state index in [-0.39, 0.29) is 16.3 Å². The predicted molar refractivity (Wildman–Crippen MR) is 65.6 cm³/mol. The summed E-state index contributed by atoms with van der Waals surface area (Å²) in [4.78, 5) is 6.22. The molecule has 0 amide bonds. The summed E-state index contributed by atoms with van der Waals surface area (Å²) >= 11 is 11.4. The lowest BCUT2D eigenvalue weighted by Gasteiger charge is -2.19. The Balaban J connectivity index is 1.83. The van der Waals surface area contributed by atoms with Gasteiger partial charge in [-0.05, 0) is 44.5 Å². The Morgan fingerprint density at radius 2 is 2.24 bits per heavy atom. The highest BCUT2D eigenvalue weighted by Crippen LogP contribution is 2.21. The number of nitrogens with zero attached hydrogens (tertiary/aromatic N) is 4. The molecule has 2 heterocycles. The zero-order valence-corrected chi connectivity index (χ0v) is 11.1. The van der Waals surface area contributed by atoms with Gasteiger partial charge in [0.05, 0.1) is 6.61 Å². The van der Waals surface area contributed by atoms with E-state index in [0.29, 0.717) is 12.6 Å². The second-order valence-electron chi connectivity index (χ2n) is 4.09. The minimum atomic E-state index is 0.0439. The van der Waals surface area contributed by atoms with Gasteiger partial charge in [-0.1, -0.05) is 11.6 Å². The maximum Gasteiger partial charge on any atom is 0.256 e. The number of ether oxygens (including phenoxy) is 1. The van der Waals surface area contributed by atoms with E-state index in [1.807, 2.05) is 0 Å². The van der Waals surface area contributed by atoms with Gasteiger partial charge in [0.2, 0.25) is 10.4 Å². The zero-order chi connectivity index (χ0) is 12.3.